The predicted octanol–water partition coefficient (Wildman–Crippen LogP) is 0.685. The van der Waals surface area contributed by atoms with Gasteiger partial charge in [-0.3, -0.25) is 9.78 Å². The zero-order valence-electron chi connectivity index (χ0n) is 9.03. The number of hydrogen-bond donors (Lipinski definition) is 3. The number of rotatable bonds is 5. The van der Waals surface area contributed by atoms with Gasteiger partial charge in [-0.15, -0.1) is 0 Å². The second kappa shape index (κ2) is 4.84. The highest BCUT2D eigenvalue weighted by Crippen LogP contribution is 2.11. The fraction of sp³-hybridized carbons (Fsp3) is 0.273. The first-order valence-corrected chi connectivity index (χ1v) is 5.19. The summed E-state index contributed by atoms with van der Waals surface area (Å²) in [5, 5.41) is 11.5. The zero-order chi connectivity index (χ0) is 12.3. The molecule has 2 aromatic rings. The molecule has 2 rings (SSSR count). The van der Waals surface area contributed by atoms with E-state index in [9.17, 15) is 9.59 Å². The van der Waals surface area contributed by atoms with Crippen LogP contribution in [0.4, 0.5) is 0 Å². The Morgan fingerprint density at radius 3 is 3.06 bits per heavy atom. The first-order valence-electron chi connectivity index (χ1n) is 5.19. The topological polar surface area (TPSA) is 95.3 Å². The van der Waals surface area contributed by atoms with Gasteiger partial charge < -0.3 is 14.8 Å². The molecular weight excluding hydrogens is 224 g/mol. The lowest BCUT2D eigenvalue weighted by Gasteiger charge is -2.02. The molecule has 0 atom stereocenters. The van der Waals surface area contributed by atoms with E-state index >= 15 is 0 Å². The van der Waals surface area contributed by atoms with Crippen LogP contribution in [0.2, 0.25) is 0 Å². The smallest absolute Gasteiger partial charge is 0.417 e. The first-order chi connectivity index (χ1) is 8.15. The number of aromatic nitrogens is 1. The van der Waals surface area contributed by atoms with Crippen LogP contribution in [0.5, 0.6) is 0 Å². The summed E-state index contributed by atoms with van der Waals surface area (Å²) in [6, 6.07) is 5.34. The maximum Gasteiger partial charge on any atom is 0.417 e. The van der Waals surface area contributed by atoms with Crippen molar-refractivity contribution in [3.8, 4) is 0 Å². The van der Waals surface area contributed by atoms with Gasteiger partial charge in [0.2, 0.25) is 0 Å². The molecule has 0 saturated heterocycles. The third kappa shape index (κ3) is 2.94. The van der Waals surface area contributed by atoms with Crippen molar-refractivity contribution in [2.75, 3.05) is 6.54 Å². The molecule has 1 aromatic carbocycles. The van der Waals surface area contributed by atoms with Gasteiger partial charge in [0.25, 0.3) is 0 Å². The number of nitrogens with one attached hydrogen (secondary N) is 2. The highest BCUT2D eigenvalue weighted by molar-refractivity contribution is 5.72. The van der Waals surface area contributed by atoms with E-state index in [1.54, 1.807) is 12.1 Å². The minimum Gasteiger partial charge on any atom is -0.481 e. The van der Waals surface area contributed by atoms with E-state index in [1.165, 1.54) is 0 Å². The highest BCUT2D eigenvalue weighted by atomic mass is 16.4. The van der Waals surface area contributed by atoms with E-state index in [0.29, 0.717) is 24.2 Å². The largest absolute Gasteiger partial charge is 0.481 e. The standard InChI is InChI=1S/C11H12N2O4/c14-10(15)3-4-12-6-7-1-2-9-8(5-7)13-11(16)17-9/h1-2,5,12H,3-4,6H2,(H,13,16)(H,14,15). The lowest BCUT2D eigenvalue weighted by atomic mass is 10.2. The van der Waals surface area contributed by atoms with Crippen LogP contribution in [0.25, 0.3) is 11.1 Å². The Bertz CT molecular complexity index is 584. The molecule has 90 valence electrons. The van der Waals surface area contributed by atoms with Gasteiger partial charge in [0.15, 0.2) is 5.58 Å². The van der Waals surface area contributed by atoms with Crippen molar-refractivity contribution in [3.63, 3.8) is 0 Å². The molecule has 0 amide bonds. The molecule has 0 saturated carbocycles. The molecule has 6 nitrogen and oxygen atoms in total. The summed E-state index contributed by atoms with van der Waals surface area (Å²) in [5.41, 5.74) is 2.12. The summed E-state index contributed by atoms with van der Waals surface area (Å²) >= 11 is 0. The minimum atomic E-state index is -0.827. The average molecular weight is 236 g/mol. The maximum atomic E-state index is 10.9. The van der Waals surface area contributed by atoms with E-state index < -0.39 is 11.7 Å². The summed E-state index contributed by atoms with van der Waals surface area (Å²) in [6.07, 6.45) is 0.0881. The number of benzene rings is 1. The van der Waals surface area contributed by atoms with Gasteiger partial charge in [-0.2, -0.15) is 0 Å². The minimum absolute atomic E-state index is 0.0881. The molecule has 0 aliphatic carbocycles. The van der Waals surface area contributed by atoms with Crippen LogP contribution in [0.3, 0.4) is 0 Å². The fourth-order valence-electron chi connectivity index (χ4n) is 1.54. The van der Waals surface area contributed by atoms with Crippen LogP contribution in [0.1, 0.15) is 12.0 Å². The molecule has 17 heavy (non-hydrogen) atoms. The third-order valence-corrected chi connectivity index (χ3v) is 2.33. The molecule has 3 N–H and O–H groups in total. The van der Waals surface area contributed by atoms with Crippen molar-refractivity contribution < 1.29 is 14.3 Å². The Balaban J connectivity index is 1.99. The third-order valence-electron chi connectivity index (χ3n) is 2.33. The van der Waals surface area contributed by atoms with Crippen molar-refractivity contribution in [3.05, 3.63) is 34.3 Å². The van der Waals surface area contributed by atoms with Crippen LogP contribution in [0.15, 0.2) is 27.4 Å². The second-order valence-electron chi connectivity index (χ2n) is 3.67. The van der Waals surface area contributed by atoms with Gasteiger partial charge in [0.1, 0.15) is 0 Å². The van der Waals surface area contributed by atoms with Gasteiger partial charge in [-0.1, -0.05) is 6.07 Å². The van der Waals surface area contributed by atoms with Gasteiger partial charge in [0, 0.05) is 13.1 Å². The molecule has 1 heterocycles. The van der Waals surface area contributed by atoms with Crippen molar-refractivity contribution in [2.45, 2.75) is 13.0 Å². The normalized spacial score (nSPS) is 10.8. The van der Waals surface area contributed by atoms with Crippen LogP contribution >= 0.6 is 0 Å². The number of hydrogen-bond acceptors (Lipinski definition) is 4. The van der Waals surface area contributed by atoms with E-state index in [4.69, 9.17) is 9.52 Å². The number of aliphatic carboxylic acids is 1. The Hall–Kier alpha value is -2.08. The van der Waals surface area contributed by atoms with Crippen LogP contribution < -0.4 is 11.1 Å². The SMILES string of the molecule is O=C(O)CCNCc1ccc2oc(=O)[nH]c2c1. The second-order valence-corrected chi connectivity index (χ2v) is 3.67. The van der Waals surface area contributed by atoms with Crippen molar-refractivity contribution in [1.29, 1.82) is 0 Å². The molecule has 0 bridgehead atoms. The van der Waals surface area contributed by atoms with Crippen LogP contribution in [0, 0.1) is 0 Å². The molecule has 0 fully saturated rings. The maximum absolute atomic E-state index is 10.9. The summed E-state index contributed by atoms with van der Waals surface area (Å²) in [5.74, 6) is -1.30. The number of carboxylic acid groups (broad SMARTS) is 1. The van der Waals surface area contributed by atoms with Gasteiger partial charge in [-0.25, -0.2) is 4.79 Å². The van der Waals surface area contributed by atoms with Gasteiger partial charge in [0.05, 0.1) is 11.9 Å². The number of aromatic amines is 1. The average Bonchev–Trinajstić information content (AvgIpc) is 2.63. The first kappa shape index (κ1) is 11.4. The van der Waals surface area contributed by atoms with Crippen molar-refractivity contribution in [1.82, 2.24) is 10.3 Å². The van der Waals surface area contributed by atoms with Crippen LogP contribution in [-0.2, 0) is 11.3 Å². The predicted molar refractivity (Wildman–Crippen MR) is 60.8 cm³/mol. The summed E-state index contributed by atoms with van der Waals surface area (Å²) in [4.78, 5) is 23.8. The zero-order valence-corrected chi connectivity index (χ0v) is 9.03. The number of carboxylic acids is 1. The molecule has 0 radical (unpaired) electrons. The van der Waals surface area contributed by atoms with Crippen molar-refractivity contribution >= 4 is 17.1 Å². The Morgan fingerprint density at radius 1 is 1.47 bits per heavy atom. The highest BCUT2D eigenvalue weighted by Gasteiger charge is 2.02. The van der Waals surface area contributed by atoms with Gasteiger partial charge in [-0.05, 0) is 17.7 Å². The summed E-state index contributed by atoms with van der Waals surface area (Å²) < 4.78 is 4.87. The molecule has 1 aromatic heterocycles. The number of oxazole rings is 1. The summed E-state index contributed by atoms with van der Waals surface area (Å²) in [6.45, 7) is 0.964. The van der Waals surface area contributed by atoms with Gasteiger partial charge >= 0.3 is 11.7 Å². The Morgan fingerprint density at radius 2 is 2.29 bits per heavy atom. The van der Waals surface area contributed by atoms with Crippen molar-refractivity contribution in [2.24, 2.45) is 0 Å². The van der Waals surface area contributed by atoms with E-state index in [1.807, 2.05) is 6.07 Å². The molecule has 0 aliphatic heterocycles. The number of carbonyl (C=O) groups is 1. The Kier molecular flexibility index (Phi) is 3.24. The molecule has 6 heteroatoms. The monoisotopic (exact) mass is 236 g/mol. The lowest BCUT2D eigenvalue weighted by Crippen LogP contribution is -2.17. The molecular formula is C11H12N2O4. The fourth-order valence-corrected chi connectivity index (χ4v) is 1.54. The summed E-state index contributed by atoms with van der Waals surface area (Å²) in [7, 11) is 0. The molecule has 0 spiro atoms. The molecule has 0 unspecified atom stereocenters. The number of fused-ring (bicyclic) bond motifs is 1. The number of H-pyrrole nitrogens is 1. The lowest BCUT2D eigenvalue weighted by molar-refractivity contribution is -0.136. The van der Waals surface area contributed by atoms with E-state index in [0.717, 1.165) is 5.56 Å². The van der Waals surface area contributed by atoms with E-state index in [-0.39, 0.29) is 6.42 Å². The Labute approximate surface area is 96.3 Å². The van der Waals surface area contributed by atoms with E-state index in [2.05, 4.69) is 10.3 Å². The quantitative estimate of drug-likeness (QED) is 0.664. The van der Waals surface area contributed by atoms with Crippen LogP contribution in [-0.4, -0.2) is 22.6 Å². The molecule has 0 aliphatic rings.